The van der Waals surface area contributed by atoms with Gasteiger partial charge in [-0.2, -0.15) is 0 Å². The lowest BCUT2D eigenvalue weighted by Crippen LogP contribution is -2.32. The van der Waals surface area contributed by atoms with E-state index in [1.54, 1.807) is 4.72 Å². The zero-order chi connectivity index (χ0) is 23.0. The normalized spacial score (nSPS) is 11.9. The molecule has 0 bridgehead atoms. The van der Waals surface area contributed by atoms with Crippen molar-refractivity contribution in [2.24, 2.45) is 0 Å². The molecule has 3 rings (SSSR count). The lowest BCUT2D eigenvalue weighted by Gasteiger charge is -2.13. The average molecular weight is 495 g/mol. The van der Waals surface area contributed by atoms with E-state index in [1.165, 1.54) is 31.2 Å². The number of nitrogens with one attached hydrogen (secondary N) is 1. The first-order valence-electron chi connectivity index (χ1n) is 8.19. The van der Waals surface area contributed by atoms with Crippen molar-refractivity contribution in [1.29, 1.82) is 0 Å². The molecule has 0 unspecified atom stereocenters. The summed E-state index contributed by atoms with van der Waals surface area (Å²) in [4.78, 5) is 11.6. The second-order valence-corrected chi connectivity index (χ2v) is 8.45. The number of amides is 1. The molecule has 0 spiro atoms. The largest absolute Gasteiger partial charge is 0.573 e. The van der Waals surface area contributed by atoms with Crippen LogP contribution in [0.4, 0.5) is 13.2 Å². The lowest BCUT2D eigenvalue weighted by molar-refractivity contribution is -0.275. The summed E-state index contributed by atoms with van der Waals surface area (Å²) in [5, 5.41) is 7.97. The zero-order valence-corrected chi connectivity index (χ0v) is 17.6. The van der Waals surface area contributed by atoms with Gasteiger partial charge >= 0.3 is 6.36 Å². The first kappa shape index (κ1) is 22.8. The second-order valence-electron chi connectivity index (χ2n) is 5.96. The Kier molecular flexibility index (Phi) is 6.16. The molecule has 0 aliphatic carbocycles. The van der Waals surface area contributed by atoms with Crippen molar-refractivity contribution in [3.05, 3.63) is 63.9 Å². The first-order valence-corrected chi connectivity index (χ1v) is 10.4. The number of carbonyl (C=O) groups excluding carboxylic acids is 1. The van der Waals surface area contributed by atoms with E-state index in [-0.39, 0.29) is 16.4 Å². The molecule has 164 valence electrons. The monoisotopic (exact) mass is 494 g/mol. The Hall–Kier alpha value is -2.83. The fourth-order valence-corrected chi connectivity index (χ4v) is 3.97. The summed E-state index contributed by atoms with van der Waals surface area (Å²) >= 11 is 12.0. The van der Waals surface area contributed by atoms with Gasteiger partial charge in [0.15, 0.2) is 5.69 Å². The summed E-state index contributed by atoms with van der Waals surface area (Å²) in [6.07, 6.45) is -5.13. The molecule has 1 amide bonds. The molecule has 3 aromatic rings. The third-order valence-corrected chi connectivity index (χ3v) is 5.76. The van der Waals surface area contributed by atoms with Crippen LogP contribution in [0.25, 0.3) is 5.69 Å². The van der Waals surface area contributed by atoms with Gasteiger partial charge in [-0.25, -0.2) is 17.8 Å². The van der Waals surface area contributed by atoms with Crippen LogP contribution in [-0.2, 0) is 10.0 Å². The molecule has 8 nitrogen and oxygen atoms in total. The smallest absolute Gasteiger partial charge is 0.404 e. The Balaban J connectivity index is 1.93. The highest BCUT2D eigenvalue weighted by Crippen LogP contribution is 2.29. The van der Waals surface area contributed by atoms with E-state index in [0.717, 1.165) is 22.9 Å². The van der Waals surface area contributed by atoms with Crippen LogP contribution in [0.15, 0.2) is 47.4 Å². The van der Waals surface area contributed by atoms with Crippen molar-refractivity contribution >= 4 is 39.1 Å². The van der Waals surface area contributed by atoms with Crippen LogP contribution in [0.1, 0.15) is 16.2 Å². The topological polar surface area (TPSA) is 103 Å². The van der Waals surface area contributed by atoms with E-state index in [2.05, 4.69) is 15.0 Å². The van der Waals surface area contributed by atoms with Gasteiger partial charge in [-0.3, -0.25) is 4.79 Å². The van der Waals surface area contributed by atoms with Gasteiger partial charge in [-0.1, -0.05) is 40.5 Å². The Labute approximate surface area is 183 Å². The summed E-state index contributed by atoms with van der Waals surface area (Å²) in [6, 6.07) is 8.44. The maximum Gasteiger partial charge on any atom is 0.573 e. The minimum Gasteiger partial charge on any atom is -0.404 e. The summed E-state index contributed by atoms with van der Waals surface area (Å²) in [7, 11) is -4.75. The fourth-order valence-electron chi connectivity index (χ4n) is 2.52. The second kappa shape index (κ2) is 8.36. The predicted octanol–water partition coefficient (Wildman–Crippen LogP) is 3.90. The van der Waals surface area contributed by atoms with Gasteiger partial charge < -0.3 is 4.74 Å². The molecule has 0 saturated carbocycles. The summed E-state index contributed by atoms with van der Waals surface area (Å²) in [5.74, 6) is -2.22. The average Bonchev–Trinajstić information content (AvgIpc) is 3.04. The number of alkyl halides is 3. The standard InChI is InChI=1S/C17H11Cl2F3N4O4S/c1-9-15(23-25-26(9)12-8-10(18)6-7-11(12)19)16(27)24-31(28,29)14-5-3-2-4-13(14)30-17(20,21)22/h2-8H,1H3,(H,24,27). The van der Waals surface area contributed by atoms with Crippen LogP contribution in [0.5, 0.6) is 5.75 Å². The molecular weight excluding hydrogens is 484 g/mol. The Morgan fingerprint density at radius 1 is 1.16 bits per heavy atom. The number of rotatable bonds is 5. The van der Waals surface area contributed by atoms with Gasteiger partial charge in [0.2, 0.25) is 0 Å². The van der Waals surface area contributed by atoms with Crippen LogP contribution >= 0.6 is 23.2 Å². The van der Waals surface area contributed by atoms with Crippen LogP contribution in [-0.4, -0.2) is 35.7 Å². The quantitative estimate of drug-likeness (QED) is 0.576. The van der Waals surface area contributed by atoms with Crippen molar-refractivity contribution in [3.63, 3.8) is 0 Å². The predicted molar refractivity (Wildman–Crippen MR) is 104 cm³/mol. The number of hydrogen-bond donors (Lipinski definition) is 1. The first-order chi connectivity index (χ1) is 14.4. The van der Waals surface area contributed by atoms with Gasteiger partial charge in [0.05, 0.1) is 16.4 Å². The number of hydrogen-bond acceptors (Lipinski definition) is 6. The third kappa shape index (κ3) is 5.09. The highest BCUT2D eigenvalue weighted by Gasteiger charge is 2.34. The van der Waals surface area contributed by atoms with Crippen LogP contribution in [0, 0.1) is 6.92 Å². The number of carbonyl (C=O) groups is 1. The van der Waals surface area contributed by atoms with E-state index in [4.69, 9.17) is 23.2 Å². The minimum atomic E-state index is -5.13. The number of para-hydroxylation sites is 1. The molecule has 1 N–H and O–H groups in total. The van der Waals surface area contributed by atoms with Gasteiger partial charge in [0.1, 0.15) is 10.6 Å². The Morgan fingerprint density at radius 2 is 1.84 bits per heavy atom. The maximum absolute atomic E-state index is 12.6. The molecule has 0 fully saturated rings. The maximum atomic E-state index is 12.6. The number of nitrogens with zero attached hydrogens (tertiary/aromatic N) is 3. The Bertz CT molecular complexity index is 1260. The Morgan fingerprint density at radius 3 is 2.52 bits per heavy atom. The van der Waals surface area contributed by atoms with Gasteiger partial charge in [-0.15, -0.1) is 18.3 Å². The summed E-state index contributed by atoms with van der Waals surface area (Å²) in [5.41, 5.74) is -0.00414. The minimum absolute atomic E-state index is 0.108. The highest BCUT2D eigenvalue weighted by molar-refractivity contribution is 7.90. The molecule has 0 atom stereocenters. The molecule has 0 aliphatic heterocycles. The molecule has 2 aromatic carbocycles. The summed E-state index contributed by atoms with van der Waals surface area (Å²) < 4.78 is 69.3. The molecule has 31 heavy (non-hydrogen) atoms. The molecule has 1 aromatic heterocycles. The van der Waals surface area contributed by atoms with E-state index < -0.39 is 38.6 Å². The molecule has 0 saturated heterocycles. The number of halogens is 5. The van der Waals surface area contributed by atoms with Crippen molar-refractivity contribution in [3.8, 4) is 11.4 Å². The zero-order valence-electron chi connectivity index (χ0n) is 15.3. The fraction of sp³-hybridized carbons (Fsp3) is 0.118. The highest BCUT2D eigenvalue weighted by atomic mass is 35.5. The van der Waals surface area contributed by atoms with Crippen LogP contribution < -0.4 is 9.46 Å². The van der Waals surface area contributed by atoms with Crippen molar-refractivity contribution < 1.29 is 31.1 Å². The number of benzene rings is 2. The SMILES string of the molecule is Cc1c(C(=O)NS(=O)(=O)c2ccccc2OC(F)(F)F)nnn1-c1cc(Cl)ccc1Cl. The number of aromatic nitrogens is 3. The van der Waals surface area contributed by atoms with E-state index in [9.17, 15) is 26.4 Å². The van der Waals surface area contributed by atoms with Crippen molar-refractivity contribution in [1.82, 2.24) is 19.7 Å². The van der Waals surface area contributed by atoms with Gasteiger partial charge in [-0.05, 0) is 37.3 Å². The third-order valence-electron chi connectivity index (χ3n) is 3.84. The summed E-state index contributed by atoms with van der Waals surface area (Å²) in [6.45, 7) is 1.42. The van der Waals surface area contributed by atoms with Crippen LogP contribution in [0.3, 0.4) is 0 Å². The van der Waals surface area contributed by atoms with Gasteiger partial charge in [0.25, 0.3) is 15.9 Å². The van der Waals surface area contributed by atoms with Crippen molar-refractivity contribution in [2.75, 3.05) is 0 Å². The molecule has 14 heteroatoms. The van der Waals surface area contributed by atoms with E-state index in [0.29, 0.717) is 5.02 Å². The molecule has 1 heterocycles. The van der Waals surface area contributed by atoms with E-state index >= 15 is 0 Å². The molecular formula is C17H11Cl2F3N4O4S. The van der Waals surface area contributed by atoms with Gasteiger partial charge in [0, 0.05) is 5.02 Å². The number of sulfonamides is 1. The lowest BCUT2D eigenvalue weighted by atomic mass is 10.3. The molecule has 0 aliphatic rings. The number of ether oxygens (including phenoxy) is 1. The molecule has 0 radical (unpaired) electrons. The van der Waals surface area contributed by atoms with E-state index in [1.807, 2.05) is 0 Å². The van der Waals surface area contributed by atoms with Crippen molar-refractivity contribution in [2.45, 2.75) is 18.2 Å². The van der Waals surface area contributed by atoms with Crippen LogP contribution in [0.2, 0.25) is 10.0 Å².